The monoisotopic (exact) mass is 686 g/mol. The summed E-state index contributed by atoms with van der Waals surface area (Å²) in [5, 5.41) is 0. The molecule has 4 aromatic carbocycles. The van der Waals surface area contributed by atoms with Crippen molar-refractivity contribution in [1.29, 1.82) is 0 Å². The Kier molecular flexibility index (Phi) is 16.4. The van der Waals surface area contributed by atoms with E-state index < -0.39 is 11.6 Å². The van der Waals surface area contributed by atoms with Gasteiger partial charge in [0.05, 0.1) is 28.4 Å². The summed E-state index contributed by atoms with van der Waals surface area (Å²) in [6, 6.07) is 9.55. The van der Waals surface area contributed by atoms with Crippen molar-refractivity contribution >= 4 is 0 Å². The van der Waals surface area contributed by atoms with Gasteiger partial charge in [0.2, 0.25) is 18.3 Å². The quantitative estimate of drug-likeness (QED) is 0.213. The third-order valence-corrected chi connectivity index (χ3v) is 8.32. The molecule has 1 aliphatic rings. The van der Waals surface area contributed by atoms with Gasteiger partial charge in [-0.3, -0.25) is 0 Å². The number of rotatable bonds is 4. The third-order valence-electron chi connectivity index (χ3n) is 8.32. The normalized spacial score (nSPS) is 10.6. The van der Waals surface area contributed by atoms with Crippen molar-refractivity contribution < 1.29 is 41.6 Å². The lowest BCUT2D eigenvalue weighted by atomic mass is 9.99. The number of fused-ring (bicyclic) bond motifs is 1. The van der Waals surface area contributed by atoms with E-state index in [4.69, 9.17) is 28.4 Å². The van der Waals surface area contributed by atoms with E-state index in [2.05, 4.69) is 0 Å². The highest BCUT2D eigenvalue weighted by atomic mass is 19.1. The number of halogens is 3. The zero-order valence-corrected chi connectivity index (χ0v) is 30.7. The smallest absolute Gasteiger partial charge is 0.231 e. The molecule has 0 bridgehead atoms. The minimum Gasteiger partial charge on any atom is -0.493 e. The summed E-state index contributed by atoms with van der Waals surface area (Å²) in [5.74, 6) is 3.34. The molecular weight excluding hydrogens is 633 g/mol. The number of benzene rings is 4. The van der Waals surface area contributed by atoms with Crippen LogP contribution in [-0.2, 0) is 0 Å². The predicted molar refractivity (Wildman–Crippen MR) is 192 cm³/mol. The fourth-order valence-electron chi connectivity index (χ4n) is 4.99. The first-order valence-electron chi connectivity index (χ1n) is 15.4. The van der Waals surface area contributed by atoms with Gasteiger partial charge in [-0.15, -0.1) is 0 Å². The summed E-state index contributed by atoms with van der Waals surface area (Å²) in [4.78, 5) is 0. The summed E-state index contributed by atoms with van der Waals surface area (Å²) in [5.41, 5.74) is 7.86. The van der Waals surface area contributed by atoms with E-state index in [9.17, 15) is 13.2 Å². The highest BCUT2D eigenvalue weighted by Crippen LogP contribution is 2.41. The molecule has 0 saturated heterocycles. The molecule has 6 nitrogen and oxygen atoms in total. The second kappa shape index (κ2) is 18.9. The van der Waals surface area contributed by atoms with Crippen LogP contribution in [0.15, 0.2) is 30.3 Å². The van der Waals surface area contributed by atoms with Crippen LogP contribution in [0.1, 0.15) is 63.1 Å². The lowest BCUT2D eigenvalue weighted by molar-refractivity contribution is 0.171. The molecule has 5 rings (SSSR count). The minimum absolute atomic E-state index is 0. The summed E-state index contributed by atoms with van der Waals surface area (Å²) >= 11 is 0. The van der Waals surface area contributed by atoms with Gasteiger partial charge in [-0.2, -0.15) is 0 Å². The van der Waals surface area contributed by atoms with Crippen molar-refractivity contribution in [3.05, 3.63) is 103 Å². The van der Waals surface area contributed by atoms with Crippen LogP contribution in [0.25, 0.3) is 0 Å². The molecule has 0 amide bonds. The van der Waals surface area contributed by atoms with Gasteiger partial charge in [-0.05, 0) is 144 Å². The molecular formula is C40H53F3O6. The Morgan fingerprint density at radius 2 is 0.918 bits per heavy atom. The largest absolute Gasteiger partial charge is 0.493 e. The predicted octanol–water partition coefficient (Wildman–Crippen LogP) is 10.6. The van der Waals surface area contributed by atoms with Gasteiger partial charge in [0.15, 0.2) is 23.0 Å². The van der Waals surface area contributed by atoms with E-state index >= 15 is 0 Å². The van der Waals surface area contributed by atoms with Gasteiger partial charge in [0.25, 0.3) is 0 Å². The molecule has 0 atom stereocenters. The van der Waals surface area contributed by atoms with Crippen molar-refractivity contribution in [2.45, 2.75) is 76.7 Å². The molecule has 0 spiro atoms. The van der Waals surface area contributed by atoms with Gasteiger partial charge < -0.3 is 28.4 Å². The van der Waals surface area contributed by atoms with Gasteiger partial charge in [-0.25, -0.2) is 13.2 Å². The molecule has 1 heterocycles. The first kappa shape index (κ1) is 42.5. The van der Waals surface area contributed by atoms with E-state index in [0.717, 1.165) is 39.3 Å². The number of methoxy groups -OCH3 is 4. The average Bonchev–Trinajstić information content (AvgIpc) is 3.55. The van der Waals surface area contributed by atoms with Crippen LogP contribution in [-0.4, -0.2) is 35.2 Å². The highest BCUT2D eigenvalue weighted by molar-refractivity contribution is 5.55. The molecule has 0 saturated carbocycles. The maximum Gasteiger partial charge on any atom is 0.231 e. The molecule has 0 unspecified atom stereocenters. The molecule has 4 aromatic rings. The lowest BCUT2D eigenvalue weighted by Gasteiger charge is -2.12. The van der Waals surface area contributed by atoms with Crippen molar-refractivity contribution in [3.8, 4) is 34.5 Å². The molecule has 0 N–H and O–H groups in total. The number of hydrogen-bond acceptors (Lipinski definition) is 6. The van der Waals surface area contributed by atoms with Crippen LogP contribution < -0.4 is 28.4 Å². The van der Waals surface area contributed by atoms with Crippen molar-refractivity contribution in [1.82, 2.24) is 0 Å². The molecule has 0 aromatic heterocycles. The van der Waals surface area contributed by atoms with Gasteiger partial charge >= 0.3 is 0 Å². The fourth-order valence-corrected chi connectivity index (χ4v) is 4.99. The third kappa shape index (κ3) is 10.2. The summed E-state index contributed by atoms with van der Waals surface area (Å²) < 4.78 is 70.6. The van der Waals surface area contributed by atoms with Crippen LogP contribution in [0.4, 0.5) is 13.2 Å². The zero-order valence-electron chi connectivity index (χ0n) is 30.7. The molecule has 49 heavy (non-hydrogen) atoms. The first-order valence-corrected chi connectivity index (χ1v) is 15.4. The maximum atomic E-state index is 13.2. The average molecular weight is 687 g/mol. The van der Waals surface area contributed by atoms with Crippen molar-refractivity contribution in [3.63, 3.8) is 0 Å². The fraction of sp³-hybridized carbons (Fsp3) is 0.400. The van der Waals surface area contributed by atoms with E-state index in [0.29, 0.717) is 39.7 Å². The summed E-state index contributed by atoms with van der Waals surface area (Å²) in [6.07, 6.45) is 0. The molecule has 0 radical (unpaired) electrons. The molecule has 0 fully saturated rings. The maximum absolute atomic E-state index is 13.2. The second-order valence-corrected chi connectivity index (χ2v) is 11.6. The highest BCUT2D eigenvalue weighted by Gasteiger charge is 2.19. The number of aryl methyl sites for hydroxylation is 4. The SMILES string of the molecule is C.COc1cc(C)cc(OC)c1OC.COc1cc(C)cc2c1OCO2.Cc1c(C)c(F)c(C)c(F)c1C.Cc1cc(C)c(F)c(C)c1C. The van der Waals surface area contributed by atoms with Crippen molar-refractivity contribution in [2.75, 3.05) is 35.2 Å². The Morgan fingerprint density at radius 1 is 0.469 bits per heavy atom. The first-order chi connectivity index (χ1) is 22.5. The van der Waals surface area contributed by atoms with Crippen molar-refractivity contribution in [2.24, 2.45) is 0 Å². The van der Waals surface area contributed by atoms with Gasteiger partial charge in [0, 0.05) is 5.56 Å². The van der Waals surface area contributed by atoms with Crippen LogP contribution in [0.3, 0.4) is 0 Å². The van der Waals surface area contributed by atoms with Gasteiger partial charge in [0.1, 0.15) is 17.5 Å². The van der Waals surface area contributed by atoms with E-state index in [-0.39, 0.29) is 25.6 Å². The van der Waals surface area contributed by atoms with Crippen LogP contribution in [0, 0.1) is 86.7 Å². The van der Waals surface area contributed by atoms with E-state index in [1.54, 1.807) is 56.1 Å². The second-order valence-electron chi connectivity index (χ2n) is 11.6. The number of hydrogen-bond donors (Lipinski definition) is 0. The Hall–Kier alpha value is -4.53. The molecule has 9 heteroatoms. The summed E-state index contributed by atoms with van der Waals surface area (Å²) in [6.45, 7) is 18.4. The van der Waals surface area contributed by atoms with Crippen LogP contribution in [0.5, 0.6) is 34.5 Å². The zero-order chi connectivity index (χ0) is 36.5. The van der Waals surface area contributed by atoms with Crippen LogP contribution >= 0.6 is 0 Å². The lowest BCUT2D eigenvalue weighted by Crippen LogP contribution is -2.00. The van der Waals surface area contributed by atoms with Gasteiger partial charge in [-0.1, -0.05) is 13.5 Å². The topological polar surface area (TPSA) is 55.4 Å². The van der Waals surface area contributed by atoms with E-state index in [1.807, 2.05) is 65.0 Å². The number of ether oxygens (including phenoxy) is 6. The van der Waals surface area contributed by atoms with E-state index in [1.165, 1.54) is 12.5 Å². The Morgan fingerprint density at radius 3 is 1.39 bits per heavy atom. The molecule has 1 aliphatic heterocycles. The Bertz CT molecular complexity index is 1580. The molecule has 270 valence electrons. The summed E-state index contributed by atoms with van der Waals surface area (Å²) in [7, 11) is 6.43. The minimum atomic E-state index is -0.421. The standard InChI is InChI=1S/C10H12F2.C10H13F.C10H14O3.C9H10O3.CH4/c1-5-6(2)9(11)8(4)10(12)7(5)3;1-6-5-7(2)10(11)9(4)8(6)3;1-7-5-8(11-2)10(13-4)9(6-7)12-3;1-6-3-7(10-2)9-8(4-6)11-5-12-9;/h1-4H3;5H,1-4H3;5-6H,1-4H3;3-4H,5H2,1-2H3;1H4. The Labute approximate surface area is 291 Å². The van der Waals surface area contributed by atoms with Crippen LogP contribution in [0.2, 0.25) is 0 Å². The molecule has 0 aliphatic carbocycles. The Balaban J connectivity index is 0.000000325.